The van der Waals surface area contributed by atoms with Gasteiger partial charge in [0.2, 0.25) is 5.91 Å². The van der Waals surface area contributed by atoms with Crippen LogP contribution < -0.4 is 10.6 Å². The summed E-state index contributed by atoms with van der Waals surface area (Å²) in [5.41, 5.74) is 7.23. The first-order valence-electron chi connectivity index (χ1n) is 22.0. The molecule has 8 nitrogen and oxygen atoms in total. The van der Waals surface area contributed by atoms with Gasteiger partial charge in [0.25, 0.3) is 8.32 Å². The van der Waals surface area contributed by atoms with Gasteiger partial charge >= 0.3 is 12.1 Å². The monoisotopic (exact) mass is 850 g/mol. The van der Waals surface area contributed by atoms with Crippen LogP contribution in [0.5, 0.6) is 0 Å². The van der Waals surface area contributed by atoms with Crippen molar-refractivity contribution in [3.63, 3.8) is 0 Å². The summed E-state index contributed by atoms with van der Waals surface area (Å²) in [6.45, 7) is 15.0. The second kappa shape index (κ2) is 20.4. The highest BCUT2D eigenvalue weighted by molar-refractivity contribution is 6.80. The number of hydrogen-bond donors (Lipinski definition) is 2. The average molecular weight is 851 g/mol. The lowest BCUT2D eigenvalue weighted by molar-refractivity contribution is -0.141. The van der Waals surface area contributed by atoms with E-state index < -0.39 is 44.3 Å². The number of benzene rings is 5. The predicted octanol–water partition coefficient (Wildman–Crippen LogP) is 10.8. The number of ether oxygens (including phenoxy) is 1. The number of Topliss-reactive ketones (excluding diaryl/α,β-unsaturated/α-hetero) is 1. The van der Waals surface area contributed by atoms with Crippen molar-refractivity contribution < 1.29 is 28.3 Å². The van der Waals surface area contributed by atoms with Crippen molar-refractivity contribution in [2.45, 2.75) is 108 Å². The largest absolute Gasteiger partial charge is 0.516 e. The van der Waals surface area contributed by atoms with E-state index in [0.29, 0.717) is 0 Å². The number of ketones is 1. The Morgan fingerprint density at radius 1 is 0.581 bits per heavy atom. The van der Waals surface area contributed by atoms with Crippen LogP contribution in [-0.2, 0) is 42.8 Å². The first-order valence-corrected chi connectivity index (χ1v) is 24.0. The van der Waals surface area contributed by atoms with Crippen LogP contribution in [-0.4, -0.2) is 50.8 Å². The van der Waals surface area contributed by atoms with Crippen molar-refractivity contribution in [3.8, 4) is 11.1 Å². The minimum atomic E-state index is -2.79. The second-order valence-electron chi connectivity index (χ2n) is 18.3. The van der Waals surface area contributed by atoms with Gasteiger partial charge in [-0.25, -0.2) is 4.79 Å². The summed E-state index contributed by atoms with van der Waals surface area (Å²) in [5.74, 6) is -2.23. The zero-order chi connectivity index (χ0) is 44.4. The van der Waals surface area contributed by atoms with Crippen LogP contribution in [0.4, 0.5) is 4.79 Å². The van der Waals surface area contributed by atoms with E-state index in [0.717, 1.165) is 38.9 Å². The van der Waals surface area contributed by atoms with Gasteiger partial charge in [0.15, 0.2) is 5.78 Å². The van der Waals surface area contributed by atoms with Gasteiger partial charge < -0.3 is 19.8 Å². The molecule has 5 aromatic rings. The third kappa shape index (κ3) is 10.8. The Labute approximate surface area is 369 Å². The summed E-state index contributed by atoms with van der Waals surface area (Å²) >= 11 is 0. The lowest BCUT2D eigenvalue weighted by Gasteiger charge is -2.47. The minimum Gasteiger partial charge on any atom is -0.516 e. The number of carbonyl (C=O) groups is 4. The molecule has 0 radical (unpaired) electrons. The first kappa shape index (κ1) is 45.7. The van der Waals surface area contributed by atoms with E-state index in [1.165, 1.54) is 0 Å². The van der Waals surface area contributed by atoms with E-state index in [-0.39, 0.29) is 60.1 Å². The summed E-state index contributed by atoms with van der Waals surface area (Å²) in [6.07, 6.45) is -0.225. The maximum Gasteiger partial charge on any atom is 0.407 e. The topological polar surface area (TPSA) is 111 Å². The molecule has 62 heavy (non-hydrogen) atoms. The molecule has 6 rings (SSSR count). The molecule has 0 aromatic heterocycles. The summed E-state index contributed by atoms with van der Waals surface area (Å²) < 4.78 is 12.7. The summed E-state index contributed by atoms with van der Waals surface area (Å²) in [5, 5.41) is 5.70. The molecule has 0 aliphatic heterocycles. The number of nitrogens with one attached hydrogen (secondary N) is 2. The van der Waals surface area contributed by atoms with Crippen molar-refractivity contribution in [2.24, 2.45) is 5.92 Å². The zero-order valence-electron chi connectivity index (χ0n) is 37.2. The number of hydrogen-bond acceptors (Lipinski definition) is 6. The van der Waals surface area contributed by atoms with Crippen molar-refractivity contribution in [1.82, 2.24) is 10.6 Å². The maximum atomic E-state index is 14.7. The van der Waals surface area contributed by atoms with Crippen LogP contribution in [0.2, 0.25) is 16.1 Å². The SMILES string of the molecule is CC(C)[Si](OC(=O)[C@H](Cc1ccccc1)NC(=O)[C@@H](CC(=O)[C@H](Cc1ccccc1)NC(=O)OCC1c2ccccc2-c2ccccc21)Cc1ccccc1)(C(C)C)C(C)(C)C. The van der Waals surface area contributed by atoms with Crippen LogP contribution in [0.25, 0.3) is 11.1 Å². The van der Waals surface area contributed by atoms with E-state index in [2.05, 4.69) is 83.4 Å². The van der Waals surface area contributed by atoms with Gasteiger partial charge in [-0.3, -0.25) is 14.4 Å². The Morgan fingerprint density at radius 3 is 1.48 bits per heavy atom. The Hall–Kier alpha value is -5.80. The molecule has 3 atom stereocenters. The third-order valence-corrected chi connectivity index (χ3v) is 18.8. The molecule has 0 spiro atoms. The van der Waals surface area contributed by atoms with Crippen LogP contribution in [0.15, 0.2) is 140 Å². The van der Waals surface area contributed by atoms with Crippen LogP contribution in [0.3, 0.4) is 0 Å². The highest BCUT2D eigenvalue weighted by atomic mass is 28.4. The van der Waals surface area contributed by atoms with Crippen molar-refractivity contribution in [1.29, 1.82) is 0 Å². The van der Waals surface area contributed by atoms with Crippen molar-refractivity contribution >= 4 is 32.1 Å². The summed E-state index contributed by atoms with van der Waals surface area (Å²) in [7, 11) is -2.79. The molecular formula is C53H62N2O6Si. The molecule has 0 bridgehead atoms. The van der Waals surface area contributed by atoms with Crippen LogP contribution >= 0.6 is 0 Å². The molecule has 0 saturated carbocycles. The average Bonchev–Trinajstić information content (AvgIpc) is 3.57. The minimum absolute atomic E-state index is 0.0943. The fourth-order valence-corrected chi connectivity index (χ4v) is 15.8. The molecule has 0 heterocycles. The van der Waals surface area contributed by atoms with Gasteiger partial charge in [-0.2, -0.15) is 0 Å². The Morgan fingerprint density at radius 2 is 1.02 bits per heavy atom. The molecule has 9 heteroatoms. The molecule has 5 aromatic carbocycles. The number of alkyl carbamates (subject to hydrolysis) is 1. The highest BCUT2D eigenvalue weighted by Gasteiger charge is 2.55. The van der Waals surface area contributed by atoms with E-state index in [4.69, 9.17) is 9.16 Å². The second-order valence-corrected chi connectivity index (χ2v) is 23.9. The van der Waals surface area contributed by atoms with Gasteiger partial charge in [0.1, 0.15) is 12.6 Å². The van der Waals surface area contributed by atoms with E-state index in [1.54, 1.807) is 0 Å². The van der Waals surface area contributed by atoms with Gasteiger partial charge in [0.05, 0.1) is 6.04 Å². The first-order chi connectivity index (χ1) is 29.7. The van der Waals surface area contributed by atoms with Gasteiger partial charge in [-0.05, 0) is 67.9 Å². The van der Waals surface area contributed by atoms with E-state index in [1.807, 2.05) is 115 Å². The van der Waals surface area contributed by atoms with Crippen LogP contribution in [0.1, 0.15) is 88.6 Å². The molecule has 2 amide bonds. The number of carbonyl (C=O) groups excluding carboxylic acids is 4. The molecule has 1 aliphatic carbocycles. The van der Waals surface area contributed by atoms with Crippen molar-refractivity contribution in [3.05, 3.63) is 167 Å². The molecule has 324 valence electrons. The fourth-order valence-electron chi connectivity index (χ4n) is 9.78. The Balaban J connectivity index is 1.25. The molecule has 0 unspecified atom stereocenters. The predicted molar refractivity (Wildman–Crippen MR) is 249 cm³/mol. The Kier molecular flexibility index (Phi) is 15.0. The molecule has 1 aliphatic rings. The Bertz CT molecular complexity index is 2240. The van der Waals surface area contributed by atoms with E-state index >= 15 is 0 Å². The summed E-state index contributed by atoms with van der Waals surface area (Å²) in [4.78, 5) is 57.6. The summed E-state index contributed by atoms with van der Waals surface area (Å²) in [6, 6.07) is 42.9. The quantitative estimate of drug-likeness (QED) is 0.0850. The third-order valence-electron chi connectivity index (χ3n) is 12.5. The fraction of sp³-hybridized carbons (Fsp3) is 0.358. The molecular weight excluding hydrogens is 789 g/mol. The molecule has 0 saturated heterocycles. The van der Waals surface area contributed by atoms with E-state index in [9.17, 15) is 19.2 Å². The number of fused-ring (bicyclic) bond motifs is 3. The smallest absolute Gasteiger partial charge is 0.407 e. The van der Waals surface area contributed by atoms with Gasteiger partial charge in [-0.1, -0.05) is 188 Å². The molecule has 2 N–H and O–H groups in total. The lowest BCUT2D eigenvalue weighted by Crippen LogP contribution is -2.57. The van der Waals surface area contributed by atoms with Gasteiger partial charge in [0, 0.05) is 24.7 Å². The molecule has 0 fully saturated rings. The lowest BCUT2D eigenvalue weighted by atomic mass is 9.89. The van der Waals surface area contributed by atoms with Crippen molar-refractivity contribution in [2.75, 3.05) is 6.61 Å². The zero-order valence-corrected chi connectivity index (χ0v) is 38.2. The normalized spacial score (nSPS) is 14.0. The highest BCUT2D eigenvalue weighted by Crippen LogP contribution is 2.51. The van der Waals surface area contributed by atoms with Gasteiger partial charge in [-0.15, -0.1) is 0 Å². The number of amides is 2. The maximum absolute atomic E-state index is 14.7. The number of rotatable bonds is 18. The standard InChI is InChI=1S/C53H62N2O6Si/c1-36(2)62(37(3)4,53(5,6)7)61-51(58)48(33-40-25-15-10-16-26-40)54-50(57)41(31-38-21-11-8-12-22-38)34-49(56)47(32-39-23-13-9-14-24-39)55-52(59)60-35-46-44-29-19-17-27-42(44)43-28-18-20-30-45(43)46/h8-30,36-37,41,46-48H,31-35H2,1-7H3,(H,54,57)(H,55,59)/t41-,47+,48+/m1/s1. The van der Waals surface area contributed by atoms with Crippen LogP contribution in [0, 0.1) is 5.92 Å².